The molecule has 0 unspecified atom stereocenters. The van der Waals surface area contributed by atoms with Gasteiger partial charge in [-0.3, -0.25) is 0 Å². The molecule has 0 heterocycles. The minimum absolute atomic E-state index is 0.0104. The molecule has 0 aromatic rings. The highest BCUT2D eigenvalue weighted by molar-refractivity contribution is 5.21. The van der Waals surface area contributed by atoms with Crippen LogP contribution >= 0.6 is 0 Å². The smallest absolute Gasteiger partial charge is 0.0860 e. The van der Waals surface area contributed by atoms with E-state index < -0.39 is 5.41 Å². The van der Waals surface area contributed by atoms with Crippen molar-refractivity contribution >= 4 is 0 Å². The van der Waals surface area contributed by atoms with E-state index in [9.17, 15) is 0 Å². The second kappa shape index (κ2) is 1.48. The van der Waals surface area contributed by atoms with Gasteiger partial charge in [0.15, 0.2) is 0 Å². The van der Waals surface area contributed by atoms with Crippen LogP contribution in [0, 0.1) is 22.2 Å². The topological polar surface area (TPSA) is 44.0 Å². The summed E-state index contributed by atoms with van der Waals surface area (Å²) in [6.07, 6.45) is 0.840. The normalized spacial score (nSPS) is 37.6. The SMILES string of the molecule is CC1(C)C[C@]1(C#N)CO. The summed E-state index contributed by atoms with van der Waals surface area (Å²) in [7, 11) is 0. The molecule has 0 spiro atoms. The summed E-state index contributed by atoms with van der Waals surface area (Å²) in [6.45, 7) is 4.02. The monoisotopic (exact) mass is 125 g/mol. The predicted octanol–water partition coefficient (Wildman–Crippen LogP) is 0.919. The molecule has 0 radical (unpaired) electrons. The Bertz CT molecular complexity index is 168. The summed E-state index contributed by atoms with van der Waals surface area (Å²) < 4.78 is 0. The number of aliphatic hydroxyl groups excluding tert-OH is 1. The average Bonchev–Trinajstić information content (AvgIpc) is 2.35. The summed E-state index contributed by atoms with van der Waals surface area (Å²) >= 11 is 0. The molecule has 1 aliphatic carbocycles. The average molecular weight is 125 g/mol. The van der Waals surface area contributed by atoms with Gasteiger partial charge in [0.1, 0.15) is 0 Å². The van der Waals surface area contributed by atoms with Crippen LogP contribution in [-0.4, -0.2) is 11.7 Å². The van der Waals surface area contributed by atoms with E-state index >= 15 is 0 Å². The minimum atomic E-state index is -0.410. The van der Waals surface area contributed by atoms with Gasteiger partial charge in [-0.1, -0.05) is 13.8 Å². The van der Waals surface area contributed by atoms with E-state index in [2.05, 4.69) is 6.07 Å². The Labute approximate surface area is 55.1 Å². The fraction of sp³-hybridized carbons (Fsp3) is 0.857. The Morgan fingerprint density at radius 2 is 2.11 bits per heavy atom. The second-order valence-electron chi connectivity index (χ2n) is 3.41. The highest BCUT2D eigenvalue weighted by atomic mass is 16.3. The lowest BCUT2D eigenvalue weighted by molar-refractivity contribution is 0.220. The molecule has 50 valence electrons. The van der Waals surface area contributed by atoms with Crippen molar-refractivity contribution in [2.75, 3.05) is 6.61 Å². The largest absolute Gasteiger partial charge is 0.395 e. The molecular formula is C7H11NO. The van der Waals surface area contributed by atoms with Gasteiger partial charge in [0.2, 0.25) is 0 Å². The van der Waals surface area contributed by atoms with Gasteiger partial charge in [-0.15, -0.1) is 0 Å². The van der Waals surface area contributed by atoms with Crippen LogP contribution in [0.15, 0.2) is 0 Å². The van der Waals surface area contributed by atoms with Crippen molar-refractivity contribution in [3.8, 4) is 6.07 Å². The van der Waals surface area contributed by atoms with E-state index in [1.54, 1.807) is 0 Å². The first-order valence-electron chi connectivity index (χ1n) is 3.10. The molecule has 1 rings (SSSR count). The molecule has 1 saturated carbocycles. The Balaban J connectivity index is 2.72. The van der Waals surface area contributed by atoms with Crippen LogP contribution in [0.3, 0.4) is 0 Å². The zero-order valence-corrected chi connectivity index (χ0v) is 5.81. The fourth-order valence-corrected chi connectivity index (χ4v) is 1.21. The van der Waals surface area contributed by atoms with E-state index in [-0.39, 0.29) is 12.0 Å². The minimum Gasteiger partial charge on any atom is -0.395 e. The zero-order valence-electron chi connectivity index (χ0n) is 5.81. The first-order valence-corrected chi connectivity index (χ1v) is 3.10. The van der Waals surface area contributed by atoms with E-state index in [1.165, 1.54) is 0 Å². The van der Waals surface area contributed by atoms with Crippen LogP contribution in [0.2, 0.25) is 0 Å². The number of hydrogen-bond acceptors (Lipinski definition) is 2. The van der Waals surface area contributed by atoms with Gasteiger partial charge in [0.05, 0.1) is 18.1 Å². The van der Waals surface area contributed by atoms with Gasteiger partial charge in [-0.05, 0) is 11.8 Å². The van der Waals surface area contributed by atoms with Crippen molar-refractivity contribution in [3.05, 3.63) is 0 Å². The zero-order chi connectivity index (χ0) is 7.12. The molecule has 0 bridgehead atoms. The van der Waals surface area contributed by atoms with Gasteiger partial charge in [-0.25, -0.2) is 0 Å². The lowest BCUT2D eigenvalue weighted by Crippen LogP contribution is -2.10. The third-order valence-electron chi connectivity index (χ3n) is 2.40. The van der Waals surface area contributed by atoms with Crippen molar-refractivity contribution in [2.45, 2.75) is 20.3 Å². The molecule has 0 aliphatic heterocycles. The summed E-state index contributed by atoms with van der Waals surface area (Å²) in [5.74, 6) is 0. The Morgan fingerprint density at radius 3 is 2.11 bits per heavy atom. The number of nitriles is 1. The highest BCUT2D eigenvalue weighted by Gasteiger charge is 2.61. The summed E-state index contributed by atoms with van der Waals surface area (Å²) in [6, 6.07) is 2.14. The molecule has 2 heteroatoms. The van der Waals surface area contributed by atoms with Gasteiger partial charge in [0.25, 0.3) is 0 Å². The Morgan fingerprint density at radius 1 is 1.67 bits per heavy atom. The molecule has 1 aliphatic rings. The number of nitrogens with zero attached hydrogens (tertiary/aromatic N) is 1. The number of hydrogen-bond donors (Lipinski definition) is 1. The van der Waals surface area contributed by atoms with Crippen LogP contribution < -0.4 is 0 Å². The molecule has 9 heavy (non-hydrogen) atoms. The second-order valence-corrected chi connectivity index (χ2v) is 3.41. The summed E-state index contributed by atoms with van der Waals surface area (Å²) in [5, 5.41) is 17.4. The van der Waals surface area contributed by atoms with Gasteiger partial charge < -0.3 is 5.11 Å². The maximum atomic E-state index is 8.77. The molecule has 1 atom stereocenters. The lowest BCUT2D eigenvalue weighted by atomic mass is 9.99. The Kier molecular flexibility index (Phi) is 1.08. The molecule has 1 fully saturated rings. The van der Waals surface area contributed by atoms with Gasteiger partial charge in [-0.2, -0.15) is 5.26 Å². The van der Waals surface area contributed by atoms with E-state index in [0.717, 1.165) is 6.42 Å². The summed E-state index contributed by atoms with van der Waals surface area (Å²) in [4.78, 5) is 0. The van der Waals surface area contributed by atoms with Crippen LogP contribution in [0.1, 0.15) is 20.3 Å². The predicted molar refractivity (Wildman–Crippen MR) is 33.5 cm³/mol. The van der Waals surface area contributed by atoms with Gasteiger partial charge in [0, 0.05) is 0 Å². The molecule has 0 saturated heterocycles. The standard InChI is InChI=1S/C7H11NO/c1-6(2)3-7(6,4-8)5-9/h9H,3,5H2,1-2H3/t7-/m0/s1. The molecule has 0 amide bonds. The highest BCUT2D eigenvalue weighted by Crippen LogP contribution is 2.62. The van der Waals surface area contributed by atoms with Crippen molar-refractivity contribution < 1.29 is 5.11 Å². The summed E-state index contributed by atoms with van der Waals surface area (Å²) in [5.41, 5.74) is -0.358. The van der Waals surface area contributed by atoms with Crippen molar-refractivity contribution in [1.82, 2.24) is 0 Å². The maximum absolute atomic E-state index is 8.77. The lowest BCUT2D eigenvalue weighted by Gasteiger charge is -2.05. The Hall–Kier alpha value is -0.550. The van der Waals surface area contributed by atoms with Crippen molar-refractivity contribution in [3.63, 3.8) is 0 Å². The molecule has 2 nitrogen and oxygen atoms in total. The molecule has 1 N–H and O–H groups in total. The van der Waals surface area contributed by atoms with E-state index in [1.807, 2.05) is 13.8 Å². The number of aliphatic hydroxyl groups is 1. The molecule has 0 aromatic heterocycles. The first kappa shape index (κ1) is 6.57. The third-order valence-corrected chi connectivity index (χ3v) is 2.40. The van der Waals surface area contributed by atoms with Gasteiger partial charge >= 0.3 is 0 Å². The molecule has 0 aromatic carbocycles. The quantitative estimate of drug-likeness (QED) is 0.566. The molecular weight excluding hydrogens is 114 g/mol. The van der Waals surface area contributed by atoms with E-state index in [0.29, 0.717) is 0 Å². The van der Waals surface area contributed by atoms with Crippen LogP contribution in [0.5, 0.6) is 0 Å². The maximum Gasteiger partial charge on any atom is 0.0860 e. The van der Waals surface area contributed by atoms with Crippen molar-refractivity contribution in [1.29, 1.82) is 5.26 Å². The van der Waals surface area contributed by atoms with Crippen LogP contribution in [0.4, 0.5) is 0 Å². The first-order chi connectivity index (χ1) is 4.08. The van der Waals surface area contributed by atoms with E-state index in [4.69, 9.17) is 10.4 Å². The third kappa shape index (κ3) is 0.650. The number of rotatable bonds is 1. The fourth-order valence-electron chi connectivity index (χ4n) is 1.21. The van der Waals surface area contributed by atoms with Crippen LogP contribution in [-0.2, 0) is 0 Å². The van der Waals surface area contributed by atoms with Crippen LogP contribution in [0.25, 0.3) is 0 Å². The van der Waals surface area contributed by atoms with Crippen molar-refractivity contribution in [2.24, 2.45) is 10.8 Å².